The molecule has 0 aliphatic carbocycles. The molecule has 0 bridgehead atoms. The van der Waals surface area contributed by atoms with Gasteiger partial charge in [0.1, 0.15) is 4.75 Å². The third-order valence-corrected chi connectivity index (χ3v) is 6.99. The average Bonchev–Trinajstić information content (AvgIpc) is 2.82. The predicted octanol–water partition coefficient (Wildman–Crippen LogP) is 6.50. The van der Waals surface area contributed by atoms with Gasteiger partial charge in [0.25, 0.3) is 0 Å². The first-order valence-corrected chi connectivity index (χ1v) is 11.8. The van der Waals surface area contributed by atoms with Crippen LogP contribution in [0.1, 0.15) is 49.3 Å². The highest BCUT2D eigenvalue weighted by Crippen LogP contribution is 2.49. The van der Waals surface area contributed by atoms with Gasteiger partial charge >= 0.3 is 0 Å². The van der Waals surface area contributed by atoms with Crippen molar-refractivity contribution in [1.29, 1.82) is 0 Å². The van der Waals surface area contributed by atoms with Gasteiger partial charge in [-0.2, -0.15) is 0 Å². The summed E-state index contributed by atoms with van der Waals surface area (Å²) in [7, 11) is 0. The molecule has 0 aromatic heterocycles. The molecule has 1 N–H and O–H groups in total. The van der Waals surface area contributed by atoms with Crippen LogP contribution in [0.2, 0.25) is 0 Å². The number of hydrogen-bond acceptors (Lipinski definition) is 3. The van der Waals surface area contributed by atoms with Gasteiger partial charge in [-0.3, -0.25) is 0 Å². The molecule has 0 aliphatic rings. The van der Waals surface area contributed by atoms with Crippen molar-refractivity contribution in [2.75, 3.05) is 19.7 Å². The molecule has 0 radical (unpaired) electrons. The summed E-state index contributed by atoms with van der Waals surface area (Å²) in [5.74, 6) is 0. The summed E-state index contributed by atoms with van der Waals surface area (Å²) < 4.78 is 2.20. The molecule has 3 aromatic rings. The SMILES string of the molecule is CCCCN(CCCCO)SC(c1ccccc1)(c1ccccc1)c1ccccc1. The smallest absolute Gasteiger partial charge is 0.105 e. The molecule has 3 aromatic carbocycles. The Balaban J connectivity index is 2.12. The van der Waals surface area contributed by atoms with Crippen LogP contribution >= 0.6 is 11.9 Å². The largest absolute Gasteiger partial charge is 0.396 e. The fraction of sp³-hybridized carbons (Fsp3) is 0.333. The van der Waals surface area contributed by atoms with E-state index in [4.69, 9.17) is 0 Å². The molecule has 0 aliphatic heterocycles. The van der Waals surface area contributed by atoms with Crippen molar-refractivity contribution < 1.29 is 5.11 Å². The average molecular weight is 420 g/mol. The minimum Gasteiger partial charge on any atom is -0.396 e. The fourth-order valence-electron chi connectivity index (χ4n) is 3.81. The van der Waals surface area contributed by atoms with Gasteiger partial charge in [0, 0.05) is 19.7 Å². The fourth-order valence-corrected chi connectivity index (χ4v) is 5.36. The lowest BCUT2D eigenvalue weighted by molar-refractivity contribution is 0.278. The molecule has 0 saturated heterocycles. The van der Waals surface area contributed by atoms with Crippen LogP contribution in [0.3, 0.4) is 0 Å². The molecule has 0 amide bonds. The lowest BCUT2D eigenvalue weighted by Crippen LogP contribution is -2.32. The first-order valence-electron chi connectivity index (χ1n) is 11.0. The first-order chi connectivity index (χ1) is 14.8. The topological polar surface area (TPSA) is 23.5 Å². The van der Waals surface area contributed by atoms with Crippen LogP contribution in [0, 0.1) is 0 Å². The maximum atomic E-state index is 9.30. The van der Waals surface area contributed by atoms with E-state index in [9.17, 15) is 5.11 Å². The van der Waals surface area contributed by atoms with Crippen molar-refractivity contribution in [2.45, 2.75) is 37.4 Å². The minimum atomic E-state index is -0.323. The molecule has 0 spiro atoms. The van der Waals surface area contributed by atoms with Crippen molar-refractivity contribution in [3.05, 3.63) is 108 Å². The maximum Gasteiger partial charge on any atom is 0.105 e. The van der Waals surface area contributed by atoms with Crippen molar-refractivity contribution in [2.24, 2.45) is 0 Å². The van der Waals surface area contributed by atoms with Gasteiger partial charge in [-0.15, -0.1) is 0 Å². The number of unbranched alkanes of at least 4 members (excludes halogenated alkanes) is 2. The minimum absolute atomic E-state index is 0.257. The van der Waals surface area contributed by atoms with Crippen LogP contribution in [0.15, 0.2) is 91.0 Å². The quantitative estimate of drug-likeness (QED) is 0.206. The summed E-state index contributed by atoms with van der Waals surface area (Å²) in [4.78, 5) is 0. The zero-order valence-electron chi connectivity index (χ0n) is 17.9. The lowest BCUT2D eigenvalue weighted by atomic mass is 9.84. The second-order valence-electron chi connectivity index (χ2n) is 7.58. The summed E-state index contributed by atoms with van der Waals surface area (Å²) in [5, 5.41) is 9.30. The Morgan fingerprint density at radius 3 is 1.50 bits per heavy atom. The maximum absolute atomic E-state index is 9.30. The number of aliphatic hydroxyl groups excluding tert-OH is 1. The molecular formula is C27H33NOS. The van der Waals surface area contributed by atoms with E-state index in [0.29, 0.717) is 0 Å². The van der Waals surface area contributed by atoms with Gasteiger partial charge in [0.2, 0.25) is 0 Å². The molecular weight excluding hydrogens is 386 g/mol. The molecule has 158 valence electrons. The number of aliphatic hydroxyl groups is 1. The van der Waals surface area contributed by atoms with Gasteiger partial charge in [0.05, 0.1) is 0 Å². The normalized spacial score (nSPS) is 11.7. The summed E-state index contributed by atoms with van der Waals surface area (Å²) in [6.45, 7) is 4.52. The van der Waals surface area contributed by atoms with Crippen molar-refractivity contribution in [1.82, 2.24) is 4.31 Å². The van der Waals surface area contributed by atoms with E-state index in [0.717, 1.165) is 25.9 Å². The molecule has 0 fully saturated rings. The number of benzene rings is 3. The molecule has 0 atom stereocenters. The molecule has 3 heteroatoms. The Labute approximate surface area is 186 Å². The summed E-state index contributed by atoms with van der Waals surface area (Å²) in [6.07, 6.45) is 4.19. The van der Waals surface area contributed by atoms with Crippen LogP contribution in [-0.2, 0) is 4.75 Å². The van der Waals surface area contributed by atoms with Gasteiger partial charge in [-0.25, -0.2) is 4.31 Å². The Morgan fingerprint density at radius 1 is 0.667 bits per heavy atom. The number of nitrogens with zero attached hydrogens (tertiary/aromatic N) is 1. The summed E-state index contributed by atoms with van der Waals surface area (Å²) in [6, 6.07) is 32.6. The second-order valence-corrected chi connectivity index (χ2v) is 8.90. The summed E-state index contributed by atoms with van der Waals surface area (Å²) >= 11 is 1.94. The van der Waals surface area contributed by atoms with Gasteiger partial charge in [0.15, 0.2) is 0 Å². The van der Waals surface area contributed by atoms with Crippen LogP contribution in [0.5, 0.6) is 0 Å². The van der Waals surface area contributed by atoms with Crippen molar-refractivity contribution >= 4 is 11.9 Å². The lowest BCUT2D eigenvalue weighted by Gasteiger charge is -2.39. The second kappa shape index (κ2) is 11.9. The van der Waals surface area contributed by atoms with E-state index < -0.39 is 0 Å². The Morgan fingerprint density at radius 2 is 1.10 bits per heavy atom. The van der Waals surface area contributed by atoms with E-state index in [1.54, 1.807) is 0 Å². The number of rotatable bonds is 12. The van der Waals surface area contributed by atoms with Gasteiger partial charge in [-0.05, 0) is 36.0 Å². The van der Waals surface area contributed by atoms with Crippen LogP contribution in [-0.4, -0.2) is 29.1 Å². The predicted molar refractivity (Wildman–Crippen MR) is 130 cm³/mol. The van der Waals surface area contributed by atoms with Crippen molar-refractivity contribution in [3.8, 4) is 0 Å². The van der Waals surface area contributed by atoms with Gasteiger partial charge < -0.3 is 5.11 Å². The monoisotopic (exact) mass is 419 g/mol. The Bertz CT molecular complexity index is 742. The standard InChI is InChI=1S/C27H33NOS/c1-2-3-21-28(22-13-14-23-29)30-27(24-15-7-4-8-16-24,25-17-9-5-10-18-25)26-19-11-6-12-20-26/h4-12,15-20,29H,2-3,13-14,21-23H2,1H3. The highest BCUT2D eigenvalue weighted by molar-refractivity contribution is 7.98. The van der Waals surface area contributed by atoms with E-state index in [1.807, 2.05) is 11.9 Å². The molecule has 2 nitrogen and oxygen atoms in total. The van der Waals surface area contributed by atoms with E-state index in [1.165, 1.54) is 29.5 Å². The molecule has 0 saturated carbocycles. The Hall–Kier alpha value is -2.07. The Kier molecular flexibility index (Phi) is 9.00. The van der Waals surface area contributed by atoms with E-state index in [2.05, 4.69) is 102 Å². The zero-order chi connectivity index (χ0) is 21.1. The molecule has 3 rings (SSSR count). The third kappa shape index (κ3) is 5.54. The van der Waals surface area contributed by atoms with E-state index in [-0.39, 0.29) is 11.4 Å². The summed E-state index contributed by atoms with van der Waals surface area (Å²) in [5.41, 5.74) is 3.86. The highest BCUT2D eigenvalue weighted by atomic mass is 32.2. The number of hydrogen-bond donors (Lipinski definition) is 1. The molecule has 0 heterocycles. The molecule has 0 unspecified atom stereocenters. The van der Waals surface area contributed by atoms with Crippen LogP contribution in [0.25, 0.3) is 0 Å². The van der Waals surface area contributed by atoms with Crippen LogP contribution in [0.4, 0.5) is 0 Å². The first kappa shape index (κ1) is 22.6. The third-order valence-electron chi connectivity index (χ3n) is 5.38. The van der Waals surface area contributed by atoms with Crippen LogP contribution < -0.4 is 0 Å². The highest BCUT2D eigenvalue weighted by Gasteiger charge is 2.39. The van der Waals surface area contributed by atoms with E-state index >= 15 is 0 Å². The van der Waals surface area contributed by atoms with Gasteiger partial charge in [-0.1, -0.05) is 116 Å². The molecule has 30 heavy (non-hydrogen) atoms. The zero-order valence-corrected chi connectivity index (χ0v) is 18.7. The van der Waals surface area contributed by atoms with Crippen molar-refractivity contribution in [3.63, 3.8) is 0 Å².